The minimum atomic E-state index is -0.163. The summed E-state index contributed by atoms with van der Waals surface area (Å²) in [4.78, 5) is 11.7. The van der Waals surface area contributed by atoms with Crippen molar-refractivity contribution in [1.29, 1.82) is 0 Å². The normalized spacial score (nSPS) is 48.5. The lowest BCUT2D eigenvalue weighted by Crippen LogP contribution is -2.50. The van der Waals surface area contributed by atoms with Crippen molar-refractivity contribution in [2.24, 2.45) is 11.8 Å². The fraction of sp³-hybridized carbons (Fsp3) is 0.900. The molecule has 3 nitrogen and oxygen atoms in total. The molecule has 1 heterocycles. The number of hydrogen-bond donors (Lipinski definition) is 2. The molecule has 0 aromatic rings. The van der Waals surface area contributed by atoms with Crippen LogP contribution in [0.3, 0.4) is 0 Å². The Kier molecular flexibility index (Phi) is 1.48. The van der Waals surface area contributed by atoms with Gasteiger partial charge >= 0.3 is 0 Å². The van der Waals surface area contributed by atoms with Crippen LogP contribution >= 0.6 is 0 Å². The third-order valence-corrected chi connectivity index (χ3v) is 4.03. The van der Waals surface area contributed by atoms with E-state index in [2.05, 4.69) is 10.6 Å². The molecule has 1 aliphatic heterocycles. The molecule has 3 heteroatoms. The first-order valence-electron chi connectivity index (χ1n) is 5.32. The Balaban J connectivity index is 1.88. The van der Waals surface area contributed by atoms with Gasteiger partial charge in [0.05, 0.1) is 12.2 Å². The molecule has 2 bridgehead atoms. The molecule has 1 spiro atoms. The predicted octanol–water partition coefficient (Wildman–Crippen LogP) is 0.612. The van der Waals surface area contributed by atoms with Gasteiger partial charge in [-0.25, -0.2) is 0 Å². The van der Waals surface area contributed by atoms with Crippen molar-refractivity contribution in [1.82, 2.24) is 10.6 Å². The highest BCUT2D eigenvalue weighted by Crippen LogP contribution is 2.47. The van der Waals surface area contributed by atoms with Gasteiger partial charge in [-0.1, -0.05) is 12.8 Å². The summed E-state index contributed by atoms with van der Waals surface area (Å²) in [7, 11) is 0. The van der Waals surface area contributed by atoms with Gasteiger partial charge in [-0.3, -0.25) is 10.1 Å². The molecule has 2 unspecified atom stereocenters. The predicted molar refractivity (Wildman–Crippen MR) is 48.9 cm³/mol. The zero-order valence-corrected chi connectivity index (χ0v) is 7.81. The summed E-state index contributed by atoms with van der Waals surface area (Å²) < 4.78 is 0. The molecule has 13 heavy (non-hydrogen) atoms. The minimum absolute atomic E-state index is 0.163. The lowest BCUT2D eigenvalue weighted by molar-refractivity contribution is -0.126. The first-order chi connectivity index (χ1) is 6.28. The van der Waals surface area contributed by atoms with Crippen molar-refractivity contribution in [3.05, 3.63) is 0 Å². The molecule has 0 radical (unpaired) electrons. The molecule has 1 amide bonds. The molecule has 1 saturated heterocycles. The zero-order chi connectivity index (χ0) is 8.89. The van der Waals surface area contributed by atoms with Crippen LogP contribution in [0, 0.1) is 11.8 Å². The summed E-state index contributed by atoms with van der Waals surface area (Å²) in [5.41, 5.74) is -0.163. The maximum absolute atomic E-state index is 11.7. The van der Waals surface area contributed by atoms with E-state index in [0.717, 1.165) is 24.7 Å². The number of hydrogen-bond acceptors (Lipinski definition) is 2. The van der Waals surface area contributed by atoms with Gasteiger partial charge in [-0.05, 0) is 31.1 Å². The van der Waals surface area contributed by atoms with Gasteiger partial charge in [-0.2, -0.15) is 0 Å². The fourth-order valence-corrected chi connectivity index (χ4v) is 3.49. The number of rotatable bonds is 0. The van der Waals surface area contributed by atoms with E-state index < -0.39 is 0 Å². The van der Waals surface area contributed by atoms with Gasteiger partial charge < -0.3 is 5.32 Å². The molecule has 2 N–H and O–H groups in total. The highest BCUT2D eigenvalue weighted by molar-refractivity contribution is 5.88. The van der Waals surface area contributed by atoms with Crippen molar-refractivity contribution < 1.29 is 4.79 Å². The number of carbonyl (C=O) groups is 1. The van der Waals surface area contributed by atoms with Gasteiger partial charge in [0.25, 0.3) is 0 Å². The molecule has 0 aromatic heterocycles. The topological polar surface area (TPSA) is 41.1 Å². The van der Waals surface area contributed by atoms with Crippen LogP contribution in [-0.4, -0.2) is 18.1 Å². The van der Waals surface area contributed by atoms with Crippen LogP contribution in [0.15, 0.2) is 0 Å². The Morgan fingerprint density at radius 1 is 1.23 bits per heavy atom. The molecule has 2 aliphatic carbocycles. The van der Waals surface area contributed by atoms with Crippen molar-refractivity contribution >= 4 is 5.91 Å². The second kappa shape index (κ2) is 2.47. The average Bonchev–Trinajstić information content (AvgIpc) is 2.60. The quantitative estimate of drug-likeness (QED) is 0.573. The number of nitrogens with one attached hydrogen (secondary N) is 2. The van der Waals surface area contributed by atoms with Gasteiger partial charge in [0.15, 0.2) is 0 Å². The molecule has 3 fully saturated rings. The summed E-state index contributed by atoms with van der Waals surface area (Å²) in [6, 6.07) is 0. The maximum atomic E-state index is 11.7. The van der Waals surface area contributed by atoms with E-state index in [4.69, 9.17) is 0 Å². The van der Waals surface area contributed by atoms with Gasteiger partial charge in [0.2, 0.25) is 5.91 Å². The van der Waals surface area contributed by atoms with Gasteiger partial charge in [0, 0.05) is 0 Å². The van der Waals surface area contributed by atoms with Gasteiger partial charge in [0.1, 0.15) is 0 Å². The van der Waals surface area contributed by atoms with E-state index in [0.29, 0.717) is 6.67 Å². The molecule has 72 valence electrons. The van der Waals surface area contributed by atoms with Crippen LogP contribution in [0.5, 0.6) is 0 Å². The Bertz CT molecular complexity index is 239. The van der Waals surface area contributed by atoms with Crippen molar-refractivity contribution in [2.45, 2.75) is 37.6 Å². The number of carbonyl (C=O) groups excluding carboxylic acids is 1. The lowest BCUT2D eigenvalue weighted by Gasteiger charge is -2.35. The van der Waals surface area contributed by atoms with E-state index in [9.17, 15) is 4.79 Å². The molecule has 3 aliphatic rings. The summed E-state index contributed by atoms with van der Waals surface area (Å²) in [6.45, 7) is 0.679. The summed E-state index contributed by atoms with van der Waals surface area (Å²) in [5.74, 6) is 1.88. The minimum Gasteiger partial charge on any atom is -0.342 e. The monoisotopic (exact) mass is 180 g/mol. The third kappa shape index (κ3) is 1.03. The van der Waals surface area contributed by atoms with E-state index in [1.54, 1.807) is 0 Å². The van der Waals surface area contributed by atoms with E-state index in [1.165, 1.54) is 19.3 Å². The maximum Gasteiger partial charge on any atom is 0.241 e. The average molecular weight is 180 g/mol. The second-order valence-corrected chi connectivity index (χ2v) is 4.89. The third-order valence-electron chi connectivity index (χ3n) is 4.03. The van der Waals surface area contributed by atoms with Gasteiger partial charge in [-0.15, -0.1) is 0 Å². The standard InChI is InChI=1S/C10H16N2O/c13-9-10(12-6-11-9)4-7-1-2-8(3-7)5-10/h7-8,12H,1-6H2,(H,11,13). The number of fused-ring (bicyclic) bond motifs is 2. The first-order valence-corrected chi connectivity index (χ1v) is 5.32. The molecule has 3 rings (SSSR count). The summed E-state index contributed by atoms with van der Waals surface area (Å²) in [5, 5.41) is 6.26. The highest BCUT2D eigenvalue weighted by Gasteiger charge is 2.50. The molecule has 0 aromatic carbocycles. The number of amides is 1. The van der Waals surface area contributed by atoms with Crippen molar-refractivity contribution in [3.63, 3.8) is 0 Å². The largest absolute Gasteiger partial charge is 0.342 e. The van der Waals surface area contributed by atoms with Crippen LogP contribution in [-0.2, 0) is 4.79 Å². The van der Waals surface area contributed by atoms with E-state index in [-0.39, 0.29) is 11.4 Å². The fourth-order valence-electron chi connectivity index (χ4n) is 3.49. The first kappa shape index (κ1) is 7.80. The Hall–Kier alpha value is -0.570. The zero-order valence-electron chi connectivity index (χ0n) is 7.81. The Labute approximate surface area is 78.3 Å². The van der Waals surface area contributed by atoms with E-state index >= 15 is 0 Å². The Morgan fingerprint density at radius 2 is 1.92 bits per heavy atom. The summed E-state index contributed by atoms with van der Waals surface area (Å²) in [6.07, 6.45) is 6.23. The van der Waals surface area contributed by atoms with Crippen LogP contribution in [0.25, 0.3) is 0 Å². The van der Waals surface area contributed by atoms with Crippen LogP contribution in [0.4, 0.5) is 0 Å². The lowest BCUT2D eigenvalue weighted by atomic mass is 9.75. The molecular formula is C10H16N2O. The molecule has 2 atom stereocenters. The molecular weight excluding hydrogens is 164 g/mol. The van der Waals surface area contributed by atoms with Crippen LogP contribution in [0.2, 0.25) is 0 Å². The van der Waals surface area contributed by atoms with Crippen LogP contribution < -0.4 is 10.6 Å². The summed E-state index contributed by atoms with van der Waals surface area (Å²) >= 11 is 0. The Morgan fingerprint density at radius 3 is 2.46 bits per heavy atom. The second-order valence-electron chi connectivity index (χ2n) is 4.89. The SMILES string of the molecule is O=C1NCNC12CC1CCC(C1)C2. The van der Waals surface area contributed by atoms with Crippen molar-refractivity contribution in [3.8, 4) is 0 Å². The van der Waals surface area contributed by atoms with E-state index in [1.807, 2.05) is 0 Å². The smallest absolute Gasteiger partial charge is 0.241 e. The van der Waals surface area contributed by atoms with Crippen LogP contribution in [0.1, 0.15) is 32.1 Å². The van der Waals surface area contributed by atoms with Crippen molar-refractivity contribution in [2.75, 3.05) is 6.67 Å². The molecule has 2 saturated carbocycles. The highest BCUT2D eigenvalue weighted by atomic mass is 16.2.